The standard InChI is InChI=1S/C14H13FN2/c15-11-4-1-9(2-5-11)14-6-3-10(8-17-14)12-7-13(12)16/h1-6,8,12-13H,7,16H2. The summed E-state index contributed by atoms with van der Waals surface area (Å²) in [5.74, 6) is 0.249. The summed E-state index contributed by atoms with van der Waals surface area (Å²) in [6, 6.07) is 10.7. The van der Waals surface area contributed by atoms with E-state index in [1.165, 1.54) is 17.7 Å². The van der Waals surface area contributed by atoms with Crippen molar-refractivity contribution in [2.45, 2.75) is 18.4 Å². The molecule has 1 fully saturated rings. The molecule has 1 aliphatic carbocycles. The van der Waals surface area contributed by atoms with Gasteiger partial charge in [0.1, 0.15) is 5.82 Å². The van der Waals surface area contributed by atoms with Crippen LogP contribution in [0, 0.1) is 5.82 Å². The molecule has 1 aromatic heterocycles. The molecular formula is C14H13FN2. The monoisotopic (exact) mass is 228 g/mol. The molecule has 0 aliphatic heterocycles. The van der Waals surface area contributed by atoms with Crippen molar-refractivity contribution in [3.8, 4) is 11.3 Å². The maximum atomic E-state index is 12.8. The summed E-state index contributed by atoms with van der Waals surface area (Å²) in [7, 11) is 0. The molecule has 3 rings (SSSR count). The molecule has 0 bridgehead atoms. The largest absolute Gasteiger partial charge is 0.327 e. The second-order valence-corrected chi connectivity index (χ2v) is 4.49. The molecule has 1 heterocycles. The summed E-state index contributed by atoms with van der Waals surface area (Å²) < 4.78 is 12.8. The summed E-state index contributed by atoms with van der Waals surface area (Å²) in [5, 5.41) is 0. The molecular weight excluding hydrogens is 215 g/mol. The molecule has 0 saturated heterocycles. The SMILES string of the molecule is NC1CC1c1ccc(-c2ccc(F)cc2)nc1. The van der Waals surface area contributed by atoms with Crippen molar-refractivity contribution in [2.24, 2.45) is 5.73 Å². The van der Waals surface area contributed by atoms with Gasteiger partial charge in [-0.05, 0) is 42.3 Å². The van der Waals surface area contributed by atoms with Gasteiger partial charge in [0, 0.05) is 23.7 Å². The molecule has 2 aromatic rings. The minimum Gasteiger partial charge on any atom is -0.327 e. The van der Waals surface area contributed by atoms with E-state index in [2.05, 4.69) is 11.1 Å². The number of pyridine rings is 1. The number of benzene rings is 1. The van der Waals surface area contributed by atoms with Crippen LogP contribution in [0.2, 0.25) is 0 Å². The van der Waals surface area contributed by atoms with Crippen LogP contribution in [0.3, 0.4) is 0 Å². The fraction of sp³-hybridized carbons (Fsp3) is 0.214. The third-order valence-electron chi connectivity index (χ3n) is 3.19. The summed E-state index contributed by atoms with van der Waals surface area (Å²) in [6.45, 7) is 0. The lowest BCUT2D eigenvalue weighted by molar-refractivity contribution is 0.628. The maximum absolute atomic E-state index is 12.8. The first-order chi connectivity index (χ1) is 8.24. The maximum Gasteiger partial charge on any atom is 0.123 e. The quantitative estimate of drug-likeness (QED) is 0.858. The predicted molar refractivity (Wildman–Crippen MR) is 65.0 cm³/mol. The molecule has 86 valence electrons. The van der Waals surface area contributed by atoms with E-state index >= 15 is 0 Å². The van der Waals surface area contributed by atoms with E-state index in [1.54, 1.807) is 12.1 Å². The number of nitrogens with two attached hydrogens (primary N) is 1. The first-order valence-electron chi connectivity index (χ1n) is 5.71. The second-order valence-electron chi connectivity index (χ2n) is 4.49. The van der Waals surface area contributed by atoms with Crippen molar-refractivity contribution in [3.63, 3.8) is 0 Å². The molecule has 17 heavy (non-hydrogen) atoms. The number of rotatable bonds is 2. The zero-order valence-electron chi connectivity index (χ0n) is 9.31. The highest BCUT2D eigenvalue weighted by molar-refractivity contribution is 5.59. The normalized spacial score (nSPS) is 22.5. The van der Waals surface area contributed by atoms with Gasteiger partial charge in [0.05, 0.1) is 5.69 Å². The van der Waals surface area contributed by atoms with Gasteiger partial charge in [0.25, 0.3) is 0 Å². The van der Waals surface area contributed by atoms with Crippen molar-refractivity contribution in [1.29, 1.82) is 0 Å². The molecule has 0 radical (unpaired) electrons. The van der Waals surface area contributed by atoms with Gasteiger partial charge in [0.2, 0.25) is 0 Å². The van der Waals surface area contributed by atoms with E-state index in [0.29, 0.717) is 12.0 Å². The molecule has 1 aliphatic rings. The predicted octanol–water partition coefficient (Wildman–Crippen LogP) is 2.70. The molecule has 1 saturated carbocycles. The lowest BCUT2D eigenvalue weighted by Crippen LogP contribution is -2.01. The van der Waals surface area contributed by atoms with Crippen LogP contribution < -0.4 is 5.73 Å². The van der Waals surface area contributed by atoms with E-state index < -0.39 is 0 Å². The Labute approximate surface area is 99.3 Å². The van der Waals surface area contributed by atoms with Crippen LogP contribution in [0.25, 0.3) is 11.3 Å². The highest BCUT2D eigenvalue weighted by Crippen LogP contribution is 2.38. The zero-order valence-corrected chi connectivity index (χ0v) is 9.31. The number of hydrogen-bond acceptors (Lipinski definition) is 2. The highest BCUT2D eigenvalue weighted by Gasteiger charge is 2.34. The molecule has 0 spiro atoms. The second kappa shape index (κ2) is 3.93. The van der Waals surface area contributed by atoms with Crippen LogP contribution in [-0.4, -0.2) is 11.0 Å². The van der Waals surface area contributed by atoms with Crippen molar-refractivity contribution in [3.05, 3.63) is 54.0 Å². The van der Waals surface area contributed by atoms with Crippen molar-refractivity contribution < 1.29 is 4.39 Å². The Morgan fingerprint density at radius 3 is 2.35 bits per heavy atom. The smallest absolute Gasteiger partial charge is 0.123 e. The Balaban J connectivity index is 1.86. The number of aromatic nitrogens is 1. The van der Waals surface area contributed by atoms with Gasteiger partial charge in [-0.2, -0.15) is 0 Å². The van der Waals surface area contributed by atoms with Gasteiger partial charge >= 0.3 is 0 Å². The van der Waals surface area contributed by atoms with E-state index in [-0.39, 0.29) is 5.82 Å². The van der Waals surface area contributed by atoms with Crippen LogP contribution in [0.15, 0.2) is 42.6 Å². The summed E-state index contributed by atoms with van der Waals surface area (Å²) in [6.07, 6.45) is 2.92. The highest BCUT2D eigenvalue weighted by atomic mass is 19.1. The van der Waals surface area contributed by atoms with Gasteiger partial charge < -0.3 is 5.73 Å². The topological polar surface area (TPSA) is 38.9 Å². The van der Waals surface area contributed by atoms with Crippen molar-refractivity contribution in [1.82, 2.24) is 4.98 Å². The molecule has 2 nitrogen and oxygen atoms in total. The summed E-state index contributed by atoms with van der Waals surface area (Å²) >= 11 is 0. The number of halogens is 1. The van der Waals surface area contributed by atoms with Gasteiger partial charge in [-0.1, -0.05) is 6.07 Å². The molecule has 3 heteroatoms. The van der Waals surface area contributed by atoms with Crippen LogP contribution >= 0.6 is 0 Å². The Morgan fingerprint density at radius 2 is 1.82 bits per heavy atom. The lowest BCUT2D eigenvalue weighted by atomic mass is 10.1. The Morgan fingerprint density at radius 1 is 1.12 bits per heavy atom. The van der Waals surface area contributed by atoms with Crippen molar-refractivity contribution in [2.75, 3.05) is 0 Å². The number of hydrogen-bond donors (Lipinski definition) is 1. The molecule has 2 unspecified atom stereocenters. The Bertz CT molecular complexity index is 519. The minimum absolute atomic E-state index is 0.227. The minimum atomic E-state index is -0.227. The van der Waals surface area contributed by atoms with E-state index in [9.17, 15) is 4.39 Å². The Hall–Kier alpha value is -1.74. The van der Waals surface area contributed by atoms with Gasteiger partial charge in [-0.25, -0.2) is 4.39 Å². The molecule has 0 amide bonds. The van der Waals surface area contributed by atoms with E-state index in [4.69, 9.17) is 5.73 Å². The molecule has 1 aromatic carbocycles. The molecule has 2 atom stereocenters. The average Bonchev–Trinajstić information content (AvgIpc) is 3.08. The molecule has 2 N–H and O–H groups in total. The fourth-order valence-electron chi connectivity index (χ4n) is 2.01. The third-order valence-corrected chi connectivity index (χ3v) is 3.19. The number of nitrogens with zero attached hydrogens (tertiary/aromatic N) is 1. The Kier molecular flexibility index (Phi) is 2.41. The van der Waals surface area contributed by atoms with Crippen LogP contribution in [-0.2, 0) is 0 Å². The van der Waals surface area contributed by atoms with E-state index in [0.717, 1.165) is 17.7 Å². The van der Waals surface area contributed by atoms with Crippen molar-refractivity contribution >= 4 is 0 Å². The van der Waals surface area contributed by atoms with Gasteiger partial charge in [0.15, 0.2) is 0 Å². The summed E-state index contributed by atoms with van der Waals surface area (Å²) in [5.41, 5.74) is 8.79. The van der Waals surface area contributed by atoms with Crippen LogP contribution in [0.1, 0.15) is 17.9 Å². The van der Waals surface area contributed by atoms with Gasteiger partial charge in [-0.3, -0.25) is 4.98 Å². The fourth-order valence-corrected chi connectivity index (χ4v) is 2.01. The van der Waals surface area contributed by atoms with Gasteiger partial charge in [-0.15, -0.1) is 0 Å². The first kappa shape index (κ1) is 10.4. The van der Waals surface area contributed by atoms with E-state index in [1.807, 2.05) is 12.3 Å². The first-order valence-corrected chi connectivity index (χ1v) is 5.71. The van der Waals surface area contributed by atoms with Crippen LogP contribution in [0.4, 0.5) is 4.39 Å². The summed E-state index contributed by atoms with van der Waals surface area (Å²) in [4.78, 5) is 4.40. The third kappa shape index (κ3) is 2.06. The van der Waals surface area contributed by atoms with Crippen LogP contribution in [0.5, 0.6) is 0 Å². The zero-order chi connectivity index (χ0) is 11.8. The average molecular weight is 228 g/mol. The lowest BCUT2D eigenvalue weighted by Gasteiger charge is -2.02.